The topological polar surface area (TPSA) is 51.1 Å². The van der Waals surface area contributed by atoms with E-state index < -0.39 is 17.3 Å². The van der Waals surface area contributed by atoms with Crippen molar-refractivity contribution in [1.82, 2.24) is 4.57 Å². The van der Waals surface area contributed by atoms with Crippen LogP contribution in [0.2, 0.25) is 5.02 Å². The standard InChI is InChI=1S/C20H16ClFN2O2/c1-13-8-9-15(11-17(13)21)23-19(25)16-6-4-10-24(20(16)26)12-14-5-2-3-7-18(14)22/h2-11H,12H2,1H3,(H,23,25). The Morgan fingerprint density at radius 3 is 2.65 bits per heavy atom. The molecule has 0 fully saturated rings. The second-order valence-corrected chi connectivity index (χ2v) is 6.27. The average molecular weight is 371 g/mol. The molecule has 0 unspecified atom stereocenters. The van der Waals surface area contributed by atoms with Crippen LogP contribution in [0.3, 0.4) is 0 Å². The van der Waals surface area contributed by atoms with Gasteiger partial charge in [0.1, 0.15) is 11.4 Å². The first-order valence-electron chi connectivity index (χ1n) is 7.96. The predicted octanol–water partition coefficient (Wildman–Crippen LogP) is 4.25. The van der Waals surface area contributed by atoms with Crippen LogP contribution >= 0.6 is 11.6 Å². The maximum atomic E-state index is 13.8. The molecule has 1 aromatic heterocycles. The molecule has 1 amide bonds. The maximum absolute atomic E-state index is 13.8. The molecule has 1 N–H and O–H groups in total. The third-order valence-electron chi connectivity index (χ3n) is 3.99. The quantitative estimate of drug-likeness (QED) is 0.746. The van der Waals surface area contributed by atoms with Gasteiger partial charge in [-0.15, -0.1) is 0 Å². The molecule has 0 spiro atoms. The fraction of sp³-hybridized carbons (Fsp3) is 0.100. The van der Waals surface area contributed by atoms with E-state index >= 15 is 0 Å². The first-order valence-corrected chi connectivity index (χ1v) is 8.34. The number of hydrogen-bond donors (Lipinski definition) is 1. The number of carbonyl (C=O) groups is 1. The van der Waals surface area contributed by atoms with Gasteiger partial charge in [0.05, 0.1) is 6.54 Å². The lowest BCUT2D eigenvalue weighted by Crippen LogP contribution is -2.29. The molecule has 26 heavy (non-hydrogen) atoms. The van der Waals surface area contributed by atoms with Crippen molar-refractivity contribution in [1.29, 1.82) is 0 Å². The first kappa shape index (κ1) is 17.9. The second-order valence-electron chi connectivity index (χ2n) is 5.86. The van der Waals surface area contributed by atoms with Crippen molar-refractivity contribution < 1.29 is 9.18 Å². The third-order valence-corrected chi connectivity index (χ3v) is 4.40. The number of aromatic nitrogens is 1. The van der Waals surface area contributed by atoms with E-state index in [1.54, 1.807) is 42.5 Å². The average Bonchev–Trinajstić information content (AvgIpc) is 2.61. The number of anilines is 1. The summed E-state index contributed by atoms with van der Waals surface area (Å²) in [5.74, 6) is -0.943. The van der Waals surface area contributed by atoms with Gasteiger partial charge in [-0.1, -0.05) is 35.9 Å². The van der Waals surface area contributed by atoms with Crippen molar-refractivity contribution in [3.8, 4) is 0 Å². The number of nitrogens with zero attached hydrogens (tertiary/aromatic N) is 1. The second kappa shape index (κ2) is 7.54. The van der Waals surface area contributed by atoms with Crippen molar-refractivity contribution >= 4 is 23.2 Å². The van der Waals surface area contributed by atoms with Gasteiger partial charge in [0.15, 0.2) is 0 Å². The molecule has 4 nitrogen and oxygen atoms in total. The number of benzene rings is 2. The third kappa shape index (κ3) is 3.83. The maximum Gasteiger partial charge on any atom is 0.263 e. The highest BCUT2D eigenvalue weighted by atomic mass is 35.5. The summed E-state index contributed by atoms with van der Waals surface area (Å²) in [5.41, 5.74) is 1.23. The Morgan fingerprint density at radius 1 is 1.15 bits per heavy atom. The van der Waals surface area contributed by atoms with Crippen molar-refractivity contribution in [3.63, 3.8) is 0 Å². The molecule has 1 heterocycles. The van der Waals surface area contributed by atoms with Gasteiger partial charge in [0.25, 0.3) is 11.5 Å². The Bertz CT molecular complexity index is 1030. The Morgan fingerprint density at radius 2 is 1.92 bits per heavy atom. The lowest BCUT2D eigenvalue weighted by molar-refractivity contribution is 0.102. The Kier molecular flexibility index (Phi) is 5.19. The molecule has 0 aliphatic heterocycles. The molecule has 3 rings (SSSR count). The van der Waals surface area contributed by atoms with Gasteiger partial charge in [0, 0.05) is 22.5 Å². The first-order chi connectivity index (χ1) is 12.5. The summed E-state index contributed by atoms with van der Waals surface area (Å²) < 4.78 is 15.1. The number of hydrogen-bond acceptors (Lipinski definition) is 2. The molecule has 0 radical (unpaired) electrons. The van der Waals surface area contributed by atoms with Gasteiger partial charge in [-0.2, -0.15) is 0 Å². The van der Waals surface area contributed by atoms with E-state index in [2.05, 4.69) is 5.32 Å². The summed E-state index contributed by atoms with van der Waals surface area (Å²) in [7, 11) is 0. The molecule has 0 aliphatic rings. The van der Waals surface area contributed by atoms with Crippen LogP contribution < -0.4 is 10.9 Å². The minimum atomic E-state index is -0.544. The van der Waals surface area contributed by atoms with Crippen LogP contribution in [-0.4, -0.2) is 10.5 Å². The molecule has 0 aliphatic carbocycles. The zero-order valence-electron chi connectivity index (χ0n) is 14.0. The predicted molar refractivity (Wildman–Crippen MR) is 100 cm³/mol. The number of halogens is 2. The molecular formula is C20H16ClFN2O2. The molecule has 0 saturated heterocycles. The SMILES string of the molecule is Cc1ccc(NC(=O)c2cccn(Cc3ccccc3F)c2=O)cc1Cl. The van der Waals surface area contributed by atoms with E-state index in [1.165, 1.54) is 22.9 Å². The van der Waals surface area contributed by atoms with Gasteiger partial charge in [-0.3, -0.25) is 9.59 Å². The Hall–Kier alpha value is -2.92. The Labute approximate surface area is 154 Å². The fourth-order valence-corrected chi connectivity index (χ4v) is 2.69. The molecule has 3 aromatic rings. The number of aryl methyl sites for hydroxylation is 1. The van der Waals surface area contributed by atoms with Gasteiger partial charge in [-0.05, 0) is 42.8 Å². The highest BCUT2D eigenvalue weighted by Gasteiger charge is 2.14. The zero-order valence-corrected chi connectivity index (χ0v) is 14.8. The van der Waals surface area contributed by atoms with Crippen LogP contribution in [0.1, 0.15) is 21.5 Å². The van der Waals surface area contributed by atoms with E-state index in [0.717, 1.165) is 5.56 Å². The van der Waals surface area contributed by atoms with Gasteiger partial charge in [-0.25, -0.2) is 4.39 Å². The lowest BCUT2D eigenvalue weighted by Gasteiger charge is -2.10. The van der Waals surface area contributed by atoms with Crippen LogP contribution in [0.25, 0.3) is 0 Å². The lowest BCUT2D eigenvalue weighted by atomic mass is 10.2. The van der Waals surface area contributed by atoms with Crippen LogP contribution in [0.15, 0.2) is 65.6 Å². The minimum absolute atomic E-state index is 0.0273. The van der Waals surface area contributed by atoms with Crippen molar-refractivity contribution in [2.75, 3.05) is 5.32 Å². The highest BCUT2D eigenvalue weighted by Crippen LogP contribution is 2.20. The van der Waals surface area contributed by atoms with Crippen molar-refractivity contribution in [2.24, 2.45) is 0 Å². The molecule has 2 aromatic carbocycles. The van der Waals surface area contributed by atoms with E-state index in [9.17, 15) is 14.0 Å². The smallest absolute Gasteiger partial charge is 0.263 e. The molecule has 6 heteroatoms. The minimum Gasteiger partial charge on any atom is -0.322 e. The monoisotopic (exact) mass is 370 g/mol. The summed E-state index contributed by atoms with van der Waals surface area (Å²) in [6.45, 7) is 1.90. The largest absolute Gasteiger partial charge is 0.322 e. The number of rotatable bonds is 4. The molecule has 132 valence electrons. The van der Waals surface area contributed by atoms with Gasteiger partial charge < -0.3 is 9.88 Å². The number of amides is 1. The number of carbonyl (C=O) groups excluding carboxylic acids is 1. The molecule has 0 saturated carbocycles. The van der Waals surface area contributed by atoms with E-state index in [-0.39, 0.29) is 12.1 Å². The summed E-state index contributed by atoms with van der Waals surface area (Å²) in [5, 5.41) is 3.18. The normalized spacial score (nSPS) is 10.6. The zero-order chi connectivity index (χ0) is 18.7. The summed E-state index contributed by atoms with van der Waals surface area (Å²) in [4.78, 5) is 25.1. The van der Waals surface area contributed by atoms with Crippen LogP contribution in [-0.2, 0) is 6.54 Å². The van der Waals surface area contributed by atoms with E-state index in [4.69, 9.17) is 11.6 Å². The van der Waals surface area contributed by atoms with Crippen LogP contribution in [0.4, 0.5) is 10.1 Å². The fourth-order valence-electron chi connectivity index (χ4n) is 2.51. The van der Waals surface area contributed by atoms with Crippen LogP contribution in [0, 0.1) is 12.7 Å². The summed E-state index contributed by atoms with van der Waals surface area (Å²) in [6.07, 6.45) is 1.52. The highest BCUT2D eigenvalue weighted by molar-refractivity contribution is 6.31. The number of nitrogens with one attached hydrogen (secondary N) is 1. The molecular weight excluding hydrogens is 355 g/mol. The molecule has 0 bridgehead atoms. The van der Waals surface area contributed by atoms with Gasteiger partial charge in [0.2, 0.25) is 0 Å². The van der Waals surface area contributed by atoms with Crippen molar-refractivity contribution in [2.45, 2.75) is 13.5 Å². The Balaban J connectivity index is 1.86. The molecule has 0 atom stereocenters. The van der Waals surface area contributed by atoms with Crippen molar-refractivity contribution in [3.05, 3.63) is 98.7 Å². The number of pyridine rings is 1. The summed E-state index contributed by atoms with van der Waals surface area (Å²) >= 11 is 6.05. The van der Waals surface area contributed by atoms with E-state index in [1.807, 2.05) is 6.92 Å². The van der Waals surface area contributed by atoms with Gasteiger partial charge >= 0.3 is 0 Å². The summed E-state index contributed by atoms with van der Waals surface area (Å²) in [6, 6.07) is 14.3. The van der Waals surface area contributed by atoms with Crippen LogP contribution in [0.5, 0.6) is 0 Å². The van der Waals surface area contributed by atoms with E-state index in [0.29, 0.717) is 16.3 Å².